The molecule has 0 radical (unpaired) electrons. The summed E-state index contributed by atoms with van der Waals surface area (Å²) in [6, 6.07) is 11.2. The number of esters is 1. The molecule has 0 aliphatic heterocycles. The summed E-state index contributed by atoms with van der Waals surface area (Å²) in [5.41, 5.74) is -0.906. The van der Waals surface area contributed by atoms with Crippen molar-refractivity contribution in [3.8, 4) is 6.07 Å². The number of halogens is 1. The predicted octanol–water partition coefficient (Wildman–Crippen LogP) is 1.66. The molecule has 0 aromatic heterocycles. The van der Waals surface area contributed by atoms with Crippen molar-refractivity contribution in [1.29, 1.82) is 5.26 Å². The summed E-state index contributed by atoms with van der Waals surface area (Å²) in [7, 11) is 1.23. The molecule has 1 unspecified atom stereocenters. The molecule has 5 heteroatoms. The Labute approximate surface area is 114 Å². The second-order valence-electron chi connectivity index (χ2n) is 2.93. The number of methoxy groups -OCH3 is 1. The van der Waals surface area contributed by atoms with Crippen molar-refractivity contribution < 1.29 is 30.6 Å². The van der Waals surface area contributed by atoms with Crippen molar-refractivity contribution in [2.45, 2.75) is 5.41 Å². The summed E-state index contributed by atoms with van der Waals surface area (Å²) >= 11 is 5.70. The molecule has 1 aromatic carbocycles. The first-order chi connectivity index (χ1) is 7.21. The molecule has 0 heterocycles. The molecular weight excluding hydrogens is 397 g/mol. The summed E-state index contributed by atoms with van der Waals surface area (Å²) in [5.74, 6) is -0.786. The van der Waals surface area contributed by atoms with Crippen LogP contribution in [0, 0.1) is 17.4 Å². The van der Waals surface area contributed by atoms with Gasteiger partial charge in [-0.05, 0) is 0 Å². The third-order valence-electron chi connectivity index (χ3n) is 2.14. The maximum atomic E-state index is 11.6. The molecule has 84 valence electrons. The molecule has 16 heavy (non-hydrogen) atoms. The normalized spacial score (nSPS) is 12.8. The Bertz CT molecular complexity index is 391. The monoisotopic (exact) mass is 406 g/mol. The SMILES string of the molecule is COC(=O)C(C#N)(CCl)c1cc[c-]cc1.[W]. The van der Waals surface area contributed by atoms with Crippen LogP contribution in [0.1, 0.15) is 5.56 Å². The van der Waals surface area contributed by atoms with Crippen molar-refractivity contribution in [3.63, 3.8) is 0 Å². The molecule has 1 atom stereocenters. The second-order valence-corrected chi connectivity index (χ2v) is 3.20. The zero-order valence-corrected chi connectivity index (χ0v) is 12.3. The van der Waals surface area contributed by atoms with Crippen LogP contribution in [0.5, 0.6) is 0 Å². The Kier molecular flexibility index (Phi) is 6.33. The van der Waals surface area contributed by atoms with Crippen LogP contribution in [0.4, 0.5) is 0 Å². The summed E-state index contributed by atoms with van der Waals surface area (Å²) in [4.78, 5) is 11.6. The number of nitriles is 1. The second kappa shape index (κ2) is 6.68. The Morgan fingerprint density at radius 2 is 2.19 bits per heavy atom. The summed E-state index contributed by atoms with van der Waals surface area (Å²) in [6.07, 6.45) is 0. The van der Waals surface area contributed by atoms with Gasteiger partial charge < -0.3 is 4.74 Å². The van der Waals surface area contributed by atoms with E-state index in [4.69, 9.17) is 16.9 Å². The van der Waals surface area contributed by atoms with Crippen LogP contribution in [-0.4, -0.2) is 19.0 Å². The van der Waals surface area contributed by atoms with E-state index in [1.54, 1.807) is 24.3 Å². The molecule has 1 aromatic rings. The summed E-state index contributed by atoms with van der Waals surface area (Å²) < 4.78 is 4.60. The number of carbonyl (C=O) groups is 1. The Balaban J connectivity index is 0.00000225. The minimum atomic E-state index is -1.43. The first kappa shape index (κ1) is 15.2. The quantitative estimate of drug-likeness (QED) is 0.436. The van der Waals surface area contributed by atoms with Gasteiger partial charge in [-0.25, -0.2) is 0 Å². The van der Waals surface area contributed by atoms with Gasteiger partial charge in [0.2, 0.25) is 0 Å². The Hall–Kier alpha value is -0.842. The number of rotatable bonds is 3. The van der Waals surface area contributed by atoms with E-state index in [1.807, 2.05) is 6.07 Å². The standard InChI is InChI=1S/C11H9ClNO2.W/c1-15-10(14)11(7-12,8-13)9-5-3-2-4-6-9;/h3-6H,7H2,1H3;/q-1;. The summed E-state index contributed by atoms with van der Waals surface area (Å²) in [6.45, 7) is 0. The zero-order chi connectivity index (χ0) is 11.3. The third-order valence-corrected chi connectivity index (χ3v) is 2.54. The maximum Gasteiger partial charge on any atom is 0.329 e. The molecule has 1 rings (SSSR count). The van der Waals surface area contributed by atoms with Crippen LogP contribution in [0.3, 0.4) is 0 Å². The largest absolute Gasteiger partial charge is 0.468 e. The molecule has 0 N–H and O–H groups in total. The number of ether oxygens (including phenoxy) is 1. The fraction of sp³-hybridized carbons (Fsp3) is 0.273. The number of nitrogens with zero attached hydrogens (tertiary/aromatic N) is 1. The van der Waals surface area contributed by atoms with Gasteiger partial charge in [-0.2, -0.15) is 35.6 Å². The van der Waals surface area contributed by atoms with E-state index >= 15 is 0 Å². The topological polar surface area (TPSA) is 50.1 Å². The van der Waals surface area contributed by atoms with E-state index in [9.17, 15) is 4.79 Å². The number of hydrogen-bond acceptors (Lipinski definition) is 3. The number of hydrogen-bond donors (Lipinski definition) is 0. The van der Waals surface area contributed by atoms with Gasteiger partial charge in [0, 0.05) is 21.1 Å². The van der Waals surface area contributed by atoms with Gasteiger partial charge in [-0.3, -0.25) is 4.79 Å². The molecule has 0 spiro atoms. The van der Waals surface area contributed by atoms with Crippen LogP contribution in [0.2, 0.25) is 0 Å². The average molecular weight is 406 g/mol. The van der Waals surface area contributed by atoms with E-state index in [1.165, 1.54) is 7.11 Å². The number of carbonyl (C=O) groups excluding carboxylic acids is 1. The molecule has 0 aliphatic carbocycles. The van der Waals surface area contributed by atoms with E-state index < -0.39 is 11.4 Å². The molecule has 0 fully saturated rings. The van der Waals surface area contributed by atoms with Crippen molar-refractivity contribution >= 4 is 17.6 Å². The van der Waals surface area contributed by atoms with E-state index in [2.05, 4.69) is 10.8 Å². The maximum absolute atomic E-state index is 11.6. The van der Waals surface area contributed by atoms with Crippen molar-refractivity contribution in [2.24, 2.45) is 0 Å². The smallest absolute Gasteiger partial charge is 0.329 e. The first-order valence-corrected chi connectivity index (χ1v) is 4.77. The summed E-state index contributed by atoms with van der Waals surface area (Å²) in [5, 5.41) is 9.09. The fourth-order valence-corrected chi connectivity index (χ4v) is 1.56. The average Bonchev–Trinajstić information content (AvgIpc) is 2.32. The van der Waals surface area contributed by atoms with Crippen LogP contribution in [0.25, 0.3) is 0 Å². The van der Waals surface area contributed by atoms with Gasteiger partial charge >= 0.3 is 5.97 Å². The Morgan fingerprint density at radius 3 is 2.56 bits per heavy atom. The molecule has 0 amide bonds. The van der Waals surface area contributed by atoms with Crippen LogP contribution in [0.15, 0.2) is 24.3 Å². The van der Waals surface area contributed by atoms with Crippen LogP contribution < -0.4 is 0 Å². The molecule has 3 nitrogen and oxygen atoms in total. The van der Waals surface area contributed by atoms with E-state index in [-0.39, 0.29) is 26.9 Å². The first-order valence-electron chi connectivity index (χ1n) is 4.23. The van der Waals surface area contributed by atoms with Crippen molar-refractivity contribution in [3.05, 3.63) is 35.9 Å². The van der Waals surface area contributed by atoms with Gasteiger partial charge in [-0.1, -0.05) is 0 Å². The minimum absolute atomic E-state index is 0. The minimum Gasteiger partial charge on any atom is -0.468 e. The third kappa shape index (κ3) is 2.64. The zero-order valence-electron chi connectivity index (χ0n) is 8.57. The Morgan fingerprint density at radius 1 is 1.62 bits per heavy atom. The molecule has 0 bridgehead atoms. The molecular formula is C11H9ClNO2W-. The van der Waals surface area contributed by atoms with Gasteiger partial charge in [0.05, 0.1) is 19.1 Å². The van der Waals surface area contributed by atoms with Crippen molar-refractivity contribution in [2.75, 3.05) is 13.0 Å². The molecule has 0 aliphatic rings. The van der Waals surface area contributed by atoms with Gasteiger partial charge in [-0.15, -0.1) is 17.2 Å². The van der Waals surface area contributed by atoms with Gasteiger partial charge in [0.1, 0.15) is 0 Å². The predicted molar refractivity (Wildman–Crippen MR) is 55.3 cm³/mol. The molecule has 0 saturated carbocycles. The van der Waals surface area contributed by atoms with Crippen molar-refractivity contribution in [1.82, 2.24) is 0 Å². The van der Waals surface area contributed by atoms with E-state index in [0.29, 0.717) is 5.56 Å². The van der Waals surface area contributed by atoms with Crippen LogP contribution in [-0.2, 0) is 36.0 Å². The van der Waals surface area contributed by atoms with Crippen LogP contribution >= 0.6 is 11.6 Å². The fourth-order valence-electron chi connectivity index (χ4n) is 1.24. The van der Waals surface area contributed by atoms with E-state index in [0.717, 1.165) is 0 Å². The number of benzene rings is 1. The number of alkyl halides is 1. The van der Waals surface area contributed by atoms with Gasteiger partial charge in [0.25, 0.3) is 0 Å². The molecule has 0 saturated heterocycles. The van der Waals surface area contributed by atoms with Gasteiger partial charge in [0.15, 0.2) is 5.41 Å².